The minimum atomic E-state index is -3.61. The highest BCUT2D eigenvalue weighted by Gasteiger charge is 2.25. The first-order valence-corrected chi connectivity index (χ1v) is 9.01. The van der Waals surface area contributed by atoms with E-state index in [2.05, 4.69) is 9.71 Å². The first-order valence-electron chi connectivity index (χ1n) is 6.04. The van der Waals surface area contributed by atoms with Crippen molar-refractivity contribution in [3.8, 4) is 0 Å². The van der Waals surface area contributed by atoms with Crippen LogP contribution in [0.3, 0.4) is 0 Å². The molecule has 1 aromatic rings. The third kappa shape index (κ3) is 3.59. The van der Waals surface area contributed by atoms with Gasteiger partial charge < -0.3 is 5.73 Å². The largest absolute Gasteiger partial charge is 0.325 e. The number of nitrogens with zero attached hydrogens (tertiary/aromatic N) is 1. The summed E-state index contributed by atoms with van der Waals surface area (Å²) >= 11 is 0. The van der Waals surface area contributed by atoms with Crippen molar-refractivity contribution in [1.82, 2.24) is 9.71 Å². The molecule has 1 aromatic heterocycles. The van der Waals surface area contributed by atoms with Crippen molar-refractivity contribution < 1.29 is 12.6 Å². The number of rotatable bonds is 4. The molecule has 106 valence electrons. The standard InChI is InChI=1S/C11H17N3O3S2/c12-8-10-11(2-1-5-13-10)19(16,17)14-9-3-6-18(15)7-4-9/h1-2,5,9,14H,3-4,6-8,12H2. The lowest BCUT2D eigenvalue weighted by Gasteiger charge is -2.22. The molecule has 1 aliphatic heterocycles. The highest BCUT2D eigenvalue weighted by atomic mass is 32.2. The molecule has 0 aliphatic carbocycles. The molecular formula is C11H17N3O3S2. The van der Waals surface area contributed by atoms with Crippen LogP contribution in [0.2, 0.25) is 0 Å². The molecule has 0 amide bonds. The molecule has 0 radical (unpaired) electrons. The molecule has 19 heavy (non-hydrogen) atoms. The van der Waals surface area contributed by atoms with Crippen molar-refractivity contribution in [2.45, 2.75) is 30.3 Å². The molecule has 0 atom stereocenters. The lowest BCUT2D eigenvalue weighted by molar-refractivity contribution is 0.521. The van der Waals surface area contributed by atoms with E-state index in [0.717, 1.165) is 0 Å². The summed E-state index contributed by atoms with van der Waals surface area (Å²) in [6, 6.07) is 2.91. The molecule has 0 saturated carbocycles. The second-order valence-corrected chi connectivity index (χ2v) is 7.77. The summed E-state index contributed by atoms with van der Waals surface area (Å²) in [4.78, 5) is 4.10. The Bertz CT molecular complexity index is 564. The zero-order valence-electron chi connectivity index (χ0n) is 10.4. The Labute approximate surface area is 115 Å². The molecular weight excluding hydrogens is 286 g/mol. The number of hydrogen-bond donors (Lipinski definition) is 2. The highest BCUT2D eigenvalue weighted by Crippen LogP contribution is 2.16. The van der Waals surface area contributed by atoms with E-state index in [1.165, 1.54) is 12.3 Å². The number of nitrogens with two attached hydrogens (primary N) is 1. The van der Waals surface area contributed by atoms with Gasteiger partial charge in [-0.3, -0.25) is 9.19 Å². The predicted octanol–water partition coefficient (Wildman–Crippen LogP) is -0.270. The van der Waals surface area contributed by atoms with Crippen molar-refractivity contribution in [2.75, 3.05) is 11.5 Å². The van der Waals surface area contributed by atoms with Gasteiger partial charge in [-0.15, -0.1) is 0 Å². The van der Waals surface area contributed by atoms with Gasteiger partial charge in [-0.2, -0.15) is 0 Å². The van der Waals surface area contributed by atoms with Crippen LogP contribution in [0, 0.1) is 0 Å². The van der Waals surface area contributed by atoms with E-state index in [-0.39, 0.29) is 17.5 Å². The summed E-state index contributed by atoms with van der Waals surface area (Å²) in [6.45, 7) is 0.0752. The van der Waals surface area contributed by atoms with E-state index in [9.17, 15) is 12.6 Å². The Balaban J connectivity index is 2.16. The van der Waals surface area contributed by atoms with Gasteiger partial charge in [-0.05, 0) is 25.0 Å². The summed E-state index contributed by atoms with van der Waals surface area (Å²) in [6.07, 6.45) is 2.72. The maximum Gasteiger partial charge on any atom is 0.242 e. The normalized spacial score (nSPS) is 24.3. The monoisotopic (exact) mass is 303 g/mol. The Morgan fingerprint density at radius 1 is 1.42 bits per heavy atom. The fourth-order valence-corrected chi connectivity index (χ4v) is 4.82. The Kier molecular flexibility index (Phi) is 4.67. The van der Waals surface area contributed by atoms with Crippen LogP contribution in [-0.2, 0) is 27.4 Å². The van der Waals surface area contributed by atoms with E-state index in [0.29, 0.717) is 30.0 Å². The van der Waals surface area contributed by atoms with Crippen LogP contribution in [0.1, 0.15) is 18.5 Å². The van der Waals surface area contributed by atoms with Crippen LogP contribution in [0.15, 0.2) is 23.2 Å². The molecule has 1 aliphatic rings. The Morgan fingerprint density at radius 3 is 2.74 bits per heavy atom. The SMILES string of the molecule is NCc1ncccc1S(=O)(=O)NC1CCS(=O)CC1. The third-order valence-corrected chi connectivity index (χ3v) is 6.02. The van der Waals surface area contributed by atoms with Crippen LogP contribution < -0.4 is 10.5 Å². The second kappa shape index (κ2) is 6.08. The van der Waals surface area contributed by atoms with Crippen LogP contribution in [-0.4, -0.2) is 35.2 Å². The zero-order valence-corrected chi connectivity index (χ0v) is 12.0. The number of nitrogens with one attached hydrogen (secondary N) is 1. The van der Waals surface area contributed by atoms with Gasteiger partial charge >= 0.3 is 0 Å². The zero-order chi connectivity index (χ0) is 13.9. The van der Waals surface area contributed by atoms with Crippen molar-refractivity contribution in [2.24, 2.45) is 5.73 Å². The van der Waals surface area contributed by atoms with E-state index >= 15 is 0 Å². The number of pyridine rings is 1. The fourth-order valence-electron chi connectivity index (χ4n) is 2.02. The van der Waals surface area contributed by atoms with Crippen LogP contribution >= 0.6 is 0 Å². The van der Waals surface area contributed by atoms with E-state index in [4.69, 9.17) is 5.73 Å². The minimum absolute atomic E-state index is 0.0752. The Hall–Kier alpha value is -0.830. The number of hydrogen-bond acceptors (Lipinski definition) is 5. The minimum Gasteiger partial charge on any atom is -0.325 e. The van der Waals surface area contributed by atoms with Gasteiger partial charge in [-0.25, -0.2) is 13.1 Å². The molecule has 6 nitrogen and oxygen atoms in total. The molecule has 1 saturated heterocycles. The van der Waals surface area contributed by atoms with E-state index in [1.54, 1.807) is 6.07 Å². The van der Waals surface area contributed by atoms with Gasteiger partial charge in [0.15, 0.2) is 0 Å². The maximum atomic E-state index is 12.3. The molecule has 3 N–H and O–H groups in total. The summed E-state index contributed by atoms with van der Waals surface area (Å²) < 4.78 is 38.5. The number of aromatic nitrogens is 1. The maximum absolute atomic E-state index is 12.3. The van der Waals surface area contributed by atoms with Crippen LogP contribution in [0.4, 0.5) is 0 Å². The molecule has 0 aromatic carbocycles. The van der Waals surface area contributed by atoms with Gasteiger partial charge in [0, 0.05) is 41.1 Å². The molecule has 1 fully saturated rings. The average molecular weight is 303 g/mol. The van der Waals surface area contributed by atoms with Gasteiger partial charge in [0.05, 0.1) is 5.69 Å². The smallest absolute Gasteiger partial charge is 0.242 e. The average Bonchev–Trinajstić information content (AvgIpc) is 2.41. The summed E-state index contributed by atoms with van der Waals surface area (Å²) in [5.41, 5.74) is 5.86. The van der Waals surface area contributed by atoms with Crippen LogP contribution in [0.5, 0.6) is 0 Å². The Morgan fingerprint density at radius 2 is 2.11 bits per heavy atom. The quantitative estimate of drug-likeness (QED) is 0.797. The summed E-state index contributed by atoms with van der Waals surface area (Å²) in [7, 11) is -4.42. The topological polar surface area (TPSA) is 102 Å². The van der Waals surface area contributed by atoms with Gasteiger partial charge in [0.25, 0.3) is 0 Å². The third-order valence-electron chi connectivity index (χ3n) is 3.04. The summed E-state index contributed by atoms with van der Waals surface area (Å²) in [5, 5.41) is 0. The van der Waals surface area contributed by atoms with Crippen molar-refractivity contribution in [3.63, 3.8) is 0 Å². The van der Waals surface area contributed by atoms with Crippen molar-refractivity contribution >= 4 is 20.8 Å². The lowest BCUT2D eigenvalue weighted by Crippen LogP contribution is -2.40. The van der Waals surface area contributed by atoms with Gasteiger partial charge in [0.2, 0.25) is 10.0 Å². The van der Waals surface area contributed by atoms with Crippen LogP contribution in [0.25, 0.3) is 0 Å². The fraction of sp³-hybridized carbons (Fsp3) is 0.545. The van der Waals surface area contributed by atoms with E-state index < -0.39 is 20.8 Å². The molecule has 0 spiro atoms. The summed E-state index contributed by atoms with van der Waals surface area (Å²) in [5.74, 6) is 1.09. The number of sulfonamides is 1. The van der Waals surface area contributed by atoms with Crippen molar-refractivity contribution in [3.05, 3.63) is 24.0 Å². The molecule has 0 unspecified atom stereocenters. The van der Waals surface area contributed by atoms with Gasteiger partial charge in [0.1, 0.15) is 4.90 Å². The first kappa shape index (κ1) is 14.6. The van der Waals surface area contributed by atoms with Gasteiger partial charge in [-0.1, -0.05) is 0 Å². The first-order chi connectivity index (χ1) is 9.03. The highest BCUT2D eigenvalue weighted by molar-refractivity contribution is 7.89. The predicted molar refractivity (Wildman–Crippen MR) is 73.3 cm³/mol. The molecule has 8 heteroatoms. The van der Waals surface area contributed by atoms with E-state index in [1.807, 2.05) is 0 Å². The molecule has 0 bridgehead atoms. The molecule has 2 rings (SSSR count). The molecule has 2 heterocycles. The van der Waals surface area contributed by atoms with Crippen molar-refractivity contribution in [1.29, 1.82) is 0 Å². The second-order valence-electron chi connectivity index (χ2n) is 4.40. The lowest BCUT2D eigenvalue weighted by atomic mass is 10.2.